The van der Waals surface area contributed by atoms with E-state index >= 15 is 0 Å². The van der Waals surface area contributed by atoms with Crippen molar-refractivity contribution in [1.29, 1.82) is 0 Å². The lowest BCUT2D eigenvalue weighted by Crippen LogP contribution is -2.44. The molecule has 3 rings (SSSR count). The summed E-state index contributed by atoms with van der Waals surface area (Å²) in [6.07, 6.45) is 1.23. The number of hydrogen-bond acceptors (Lipinski definition) is 5. The molecule has 6 nitrogen and oxygen atoms in total. The fourth-order valence-electron chi connectivity index (χ4n) is 3.35. The number of nitrogens with one attached hydrogen (secondary N) is 2. The van der Waals surface area contributed by atoms with E-state index in [0.717, 1.165) is 11.3 Å². The summed E-state index contributed by atoms with van der Waals surface area (Å²) < 4.78 is 8.44. The molecule has 0 aliphatic carbocycles. The van der Waals surface area contributed by atoms with E-state index in [0.29, 0.717) is 41.7 Å². The van der Waals surface area contributed by atoms with Crippen molar-refractivity contribution in [1.82, 2.24) is 9.20 Å². The van der Waals surface area contributed by atoms with Gasteiger partial charge in [-0.05, 0) is 23.8 Å². The summed E-state index contributed by atoms with van der Waals surface area (Å²) in [6, 6.07) is 12.7. The zero-order valence-electron chi connectivity index (χ0n) is 16.4. The minimum atomic E-state index is -0.300. The molecule has 1 aliphatic rings. The molecule has 0 spiro atoms. The molecule has 0 atom stereocenters. The molecule has 156 valence electrons. The van der Waals surface area contributed by atoms with Gasteiger partial charge in [0.15, 0.2) is 0 Å². The standard InChI is InChI=1S/C21H22Cl2N3O3.Al/c22-16-5-3-6-17(23)21(16)25-18-7-2-1-4-14(18)12-20(28)29-15-8-10-26(11-9-15)19(27)13-24;/h1-7,15,24-25H,8-13H2;/q-1;+1. The van der Waals surface area contributed by atoms with Gasteiger partial charge in [-0.2, -0.15) is 0 Å². The van der Waals surface area contributed by atoms with Crippen molar-refractivity contribution in [3.63, 3.8) is 0 Å². The van der Waals surface area contributed by atoms with Crippen molar-refractivity contribution in [2.24, 2.45) is 0 Å². The topological polar surface area (TPSA) is 70.7 Å². The molecule has 9 heteroatoms. The van der Waals surface area contributed by atoms with Crippen LogP contribution in [0.2, 0.25) is 10.0 Å². The number of hydrogen-bond donors (Lipinski definition) is 2. The molecular formula is C21H22AlCl2N3O3. The van der Waals surface area contributed by atoms with E-state index in [4.69, 9.17) is 27.9 Å². The largest absolute Gasteiger partial charge is 0.462 e. The number of nitrogens with zero attached hydrogens (tertiary/aromatic N) is 1. The average molecular weight is 462 g/mol. The molecule has 2 aromatic carbocycles. The number of rotatable bonds is 7. The average Bonchev–Trinajstić information content (AvgIpc) is 2.72. The Balaban J connectivity index is 1.58. The Labute approximate surface area is 194 Å². The molecule has 2 N–H and O–H groups in total. The maximum atomic E-state index is 12.5. The highest BCUT2D eigenvalue weighted by atomic mass is 35.5. The Hall–Kier alpha value is -1.75. The Morgan fingerprint density at radius 1 is 1.07 bits per heavy atom. The van der Waals surface area contributed by atoms with Gasteiger partial charge in [-0.3, -0.25) is 9.59 Å². The molecule has 0 unspecified atom stereocenters. The number of likely N-dealkylation sites (tertiary alicyclic amines) is 1. The van der Waals surface area contributed by atoms with Crippen LogP contribution in [0.5, 0.6) is 0 Å². The van der Waals surface area contributed by atoms with E-state index < -0.39 is 0 Å². The van der Waals surface area contributed by atoms with Gasteiger partial charge in [0.1, 0.15) is 6.10 Å². The molecule has 2 aromatic rings. The zero-order valence-corrected chi connectivity index (χ0v) is 19.0. The number of para-hydroxylation sites is 2. The first kappa shape index (κ1) is 22.9. The molecule has 0 aromatic heterocycles. The van der Waals surface area contributed by atoms with Crippen molar-refractivity contribution in [3.8, 4) is 0 Å². The first-order valence-electron chi connectivity index (χ1n) is 9.67. The lowest BCUT2D eigenvalue weighted by Gasteiger charge is -2.31. The molecule has 0 bridgehead atoms. The van der Waals surface area contributed by atoms with Crippen LogP contribution in [0.25, 0.3) is 0 Å². The summed E-state index contributed by atoms with van der Waals surface area (Å²) in [7, 11) is 0. The van der Waals surface area contributed by atoms with Gasteiger partial charge in [-0.25, -0.2) is 0 Å². The Bertz CT molecular complexity index is 885. The molecule has 1 amide bonds. The Kier molecular flexibility index (Phi) is 8.43. The van der Waals surface area contributed by atoms with E-state index in [1.807, 2.05) is 24.3 Å². The van der Waals surface area contributed by atoms with E-state index in [9.17, 15) is 9.59 Å². The fraction of sp³-hybridized carbons (Fsp3) is 0.333. The maximum absolute atomic E-state index is 12.5. The highest BCUT2D eigenvalue weighted by Gasteiger charge is 2.25. The van der Waals surface area contributed by atoms with Crippen LogP contribution in [0.15, 0.2) is 42.5 Å². The summed E-state index contributed by atoms with van der Waals surface area (Å²) in [5.74, 6) is -0.251. The van der Waals surface area contributed by atoms with Crippen molar-refractivity contribution in [2.45, 2.75) is 25.4 Å². The molecule has 1 heterocycles. The Morgan fingerprint density at radius 2 is 1.73 bits per heavy atom. The van der Waals surface area contributed by atoms with Gasteiger partial charge in [-0.15, -0.1) is 0 Å². The van der Waals surface area contributed by atoms with Crippen LogP contribution in [-0.4, -0.2) is 59.0 Å². The van der Waals surface area contributed by atoms with E-state index in [1.165, 1.54) is 0 Å². The number of carbonyl (C=O) groups is 2. The minimum absolute atomic E-state index is 0.0491. The van der Waals surface area contributed by atoms with Crippen molar-refractivity contribution < 1.29 is 14.3 Å². The Morgan fingerprint density at radius 3 is 2.40 bits per heavy atom. The number of anilines is 2. The van der Waals surface area contributed by atoms with Crippen molar-refractivity contribution in [3.05, 3.63) is 58.1 Å². The third-order valence-electron chi connectivity index (χ3n) is 4.92. The van der Waals surface area contributed by atoms with E-state index in [-0.39, 0.29) is 30.9 Å². The van der Waals surface area contributed by atoms with Gasteiger partial charge >= 0.3 is 5.97 Å². The van der Waals surface area contributed by atoms with Gasteiger partial charge in [0.05, 0.1) is 28.7 Å². The number of amides is 1. The third kappa shape index (κ3) is 6.13. The second-order valence-corrected chi connectivity index (χ2v) is 8.23. The molecular weight excluding hydrogens is 440 g/mol. The normalized spacial score (nSPS) is 14.4. The maximum Gasteiger partial charge on any atom is 0.310 e. The van der Waals surface area contributed by atoms with Crippen LogP contribution in [0.1, 0.15) is 18.4 Å². The second-order valence-electron chi connectivity index (χ2n) is 7.01. The first-order valence-corrected chi connectivity index (χ1v) is 11.0. The highest BCUT2D eigenvalue weighted by molar-refractivity contribution is 6.39. The number of esters is 1. The predicted molar refractivity (Wildman–Crippen MR) is 119 cm³/mol. The number of piperidine rings is 1. The van der Waals surface area contributed by atoms with Crippen molar-refractivity contribution in [2.75, 3.05) is 25.0 Å². The van der Waals surface area contributed by atoms with Gasteiger partial charge in [0, 0.05) is 31.6 Å². The molecule has 0 saturated carbocycles. The number of ether oxygens (including phenoxy) is 1. The van der Waals surface area contributed by atoms with Crippen LogP contribution in [0.4, 0.5) is 11.4 Å². The molecule has 1 aliphatic heterocycles. The van der Waals surface area contributed by atoms with Gasteiger partial charge in [0.25, 0.3) is 16.5 Å². The summed E-state index contributed by atoms with van der Waals surface area (Å²) in [5, 5.41) is 4.22. The minimum Gasteiger partial charge on any atom is -0.462 e. The fourth-order valence-corrected chi connectivity index (χ4v) is 4.02. The highest BCUT2D eigenvalue weighted by Crippen LogP contribution is 2.33. The lowest BCUT2D eigenvalue weighted by atomic mass is 10.1. The lowest BCUT2D eigenvalue weighted by molar-refractivity contribution is -0.151. The van der Waals surface area contributed by atoms with Crippen LogP contribution < -0.4 is 9.62 Å². The first-order chi connectivity index (χ1) is 14.5. The van der Waals surface area contributed by atoms with Crippen LogP contribution >= 0.6 is 23.2 Å². The smallest absolute Gasteiger partial charge is 0.310 e. The van der Waals surface area contributed by atoms with E-state index in [1.54, 1.807) is 23.1 Å². The van der Waals surface area contributed by atoms with Crippen LogP contribution in [0, 0.1) is 0 Å². The number of halogens is 2. The van der Waals surface area contributed by atoms with Crippen LogP contribution in [0.3, 0.4) is 0 Å². The summed E-state index contributed by atoms with van der Waals surface area (Å²) in [5.41, 5.74) is 2.13. The monoisotopic (exact) mass is 461 g/mol. The number of benzene rings is 2. The predicted octanol–water partition coefficient (Wildman–Crippen LogP) is 3.49. The molecule has 30 heavy (non-hydrogen) atoms. The summed E-state index contributed by atoms with van der Waals surface area (Å²) in [4.78, 5) is 26.2. The molecule has 2 radical (unpaired) electrons. The van der Waals surface area contributed by atoms with E-state index in [2.05, 4.69) is 26.1 Å². The SMILES string of the molecule is O=C(Cc1ccccc1Nc1c(Cl)cccc1Cl)OC1CCN(C(=O)C[NH][Al])CC1. The molecule has 1 fully saturated rings. The second kappa shape index (κ2) is 11.0. The van der Waals surface area contributed by atoms with Gasteiger partial charge in [-0.1, -0.05) is 47.5 Å². The summed E-state index contributed by atoms with van der Waals surface area (Å²) in [6.45, 7) is 1.47. The molecule has 1 saturated heterocycles. The van der Waals surface area contributed by atoms with Crippen molar-refractivity contribution >= 4 is 63.0 Å². The number of carbonyl (C=O) groups excluding carboxylic acids is 2. The van der Waals surface area contributed by atoms with Gasteiger partial charge in [0.2, 0.25) is 5.91 Å². The van der Waals surface area contributed by atoms with Gasteiger partial charge < -0.3 is 19.3 Å². The quantitative estimate of drug-likeness (QED) is 0.487. The summed E-state index contributed by atoms with van der Waals surface area (Å²) >= 11 is 14.8. The van der Waals surface area contributed by atoms with Crippen LogP contribution in [-0.2, 0) is 20.7 Å². The zero-order chi connectivity index (χ0) is 21.5. The third-order valence-corrected chi connectivity index (χ3v) is 5.75.